The lowest BCUT2D eigenvalue weighted by Gasteiger charge is -2.27. The zero-order valence-corrected chi connectivity index (χ0v) is 16.9. The van der Waals surface area contributed by atoms with E-state index in [1.807, 2.05) is 28.8 Å². The normalized spacial score (nSPS) is 14.5. The molecule has 0 unspecified atom stereocenters. The minimum Gasteiger partial charge on any atom is -0.378 e. The molecule has 4 rings (SSSR count). The van der Waals surface area contributed by atoms with Crippen LogP contribution in [0.15, 0.2) is 58.2 Å². The van der Waals surface area contributed by atoms with E-state index in [0.717, 1.165) is 40.1 Å². The van der Waals surface area contributed by atoms with Gasteiger partial charge in [-0.05, 0) is 29.8 Å². The van der Waals surface area contributed by atoms with E-state index in [-0.39, 0.29) is 5.82 Å². The van der Waals surface area contributed by atoms with Crippen molar-refractivity contribution in [3.8, 4) is 5.69 Å². The third-order valence-corrected chi connectivity index (χ3v) is 6.04. The van der Waals surface area contributed by atoms with Crippen molar-refractivity contribution < 1.29 is 9.13 Å². The van der Waals surface area contributed by atoms with Gasteiger partial charge in [0.25, 0.3) is 0 Å². The number of rotatable bonds is 5. The van der Waals surface area contributed by atoms with Crippen LogP contribution >= 0.6 is 27.7 Å². The zero-order chi connectivity index (χ0) is 18.6. The summed E-state index contributed by atoms with van der Waals surface area (Å²) >= 11 is 5.16. The van der Waals surface area contributed by atoms with E-state index in [4.69, 9.17) is 4.74 Å². The van der Waals surface area contributed by atoms with Crippen molar-refractivity contribution in [1.29, 1.82) is 0 Å². The molecule has 8 heteroatoms. The first-order valence-corrected chi connectivity index (χ1v) is 10.4. The molecule has 1 aliphatic rings. The Hall–Kier alpha value is -1.90. The highest BCUT2D eigenvalue weighted by Gasteiger charge is 2.22. The van der Waals surface area contributed by atoms with Gasteiger partial charge in [-0.2, -0.15) is 0 Å². The van der Waals surface area contributed by atoms with Gasteiger partial charge in [-0.15, -0.1) is 10.2 Å². The second kappa shape index (κ2) is 8.41. The predicted molar refractivity (Wildman–Crippen MR) is 108 cm³/mol. The number of hydrogen-bond acceptors (Lipinski definition) is 5. The van der Waals surface area contributed by atoms with Crippen molar-refractivity contribution >= 4 is 33.6 Å². The van der Waals surface area contributed by atoms with Gasteiger partial charge in [0.2, 0.25) is 5.95 Å². The Bertz CT molecular complexity index is 930. The molecule has 1 fully saturated rings. The second-order valence-corrected chi connectivity index (χ2v) is 7.87. The van der Waals surface area contributed by atoms with Crippen LogP contribution in [-0.4, -0.2) is 41.1 Å². The molecule has 27 heavy (non-hydrogen) atoms. The molecule has 0 atom stereocenters. The summed E-state index contributed by atoms with van der Waals surface area (Å²) in [6, 6.07) is 14.6. The standard InChI is InChI=1S/C19H18BrFN4OS/c20-17-7-2-1-4-14(17)13-27-19-23-22-18(24-8-10-26-11-9-24)25(19)16-6-3-5-15(21)12-16/h1-7,12H,8-11,13H2. The Morgan fingerprint density at radius 1 is 1.07 bits per heavy atom. The molecule has 1 aliphatic heterocycles. The Kier molecular flexibility index (Phi) is 5.75. The third kappa shape index (κ3) is 4.17. The number of nitrogens with zero attached hydrogens (tertiary/aromatic N) is 4. The molecular weight excluding hydrogens is 431 g/mol. The molecule has 2 heterocycles. The van der Waals surface area contributed by atoms with Crippen LogP contribution in [0.4, 0.5) is 10.3 Å². The molecule has 0 amide bonds. The summed E-state index contributed by atoms with van der Waals surface area (Å²) in [6.45, 7) is 2.77. The number of thioether (sulfide) groups is 1. The van der Waals surface area contributed by atoms with E-state index in [1.54, 1.807) is 17.8 Å². The van der Waals surface area contributed by atoms with Crippen LogP contribution < -0.4 is 4.90 Å². The first-order chi connectivity index (χ1) is 13.2. The van der Waals surface area contributed by atoms with E-state index in [9.17, 15) is 4.39 Å². The Balaban J connectivity index is 1.68. The van der Waals surface area contributed by atoms with Crippen LogP contribution in [0.1, 0.15) is 5.56 Å². The third-order valence-electron chi connectivity index (χ3n) is 4.29. The number of aromatic nitrogens is 3. The van der Waals surface area contributed by atoms with E-state index in [0.29, 0.717) is 13.2 Å². The molecule has 0 saturated carbocycles. The second-order valence-electron chi connectivity index (χ2n) is 6.08. The van der Waals surface area contributed by atoms with E-state index in [1.165, 1.54) is 17.7 Å². The molecule has 0 radical (unpaired) electrons. The van der Waals surface area contributed by atoms with Gasteiger partial charge < -0.3 is 9.64 Å². The fraction of sp³-hybridized carbons (Fsp3) is 0.263. The highest BCUT2D eigenvalue weighted by Crippen LogP contribution is 2.31. The van der Waals surface area contributed by atoms with Crippen LogP contribution in [0, 0.1) is 5.82 Å². The fourth-order valence-electron chi connectivity index (χ4n) is 2.92. The molecule has 0 aliphatic carbocycles. The maximum absolute atomic E-state index is 13.9. The SMILES string of the molecule is Fc1cccc(-n2c(SCc3ccccc3Br)nnc2N2CCOCC2)c1. The lowest BCUT2D eigenvalue weighted by molar-refractivity contribution is 0.122. The van der Waals surface area contributed by atoms with E-state index >= 15 is 0 Å². The van der Waals surface area contributed by atoms with Gasteiger partial charge in [-0.1, -0.05) is 52.0 Å². The molecule has 0 spiro atoms. The minimum atomic E-state index is -0.282. The van der Waals surface area contributed by atoms with Crippen molar-refractivity contribution in [2.75, 3.05) is 31.2 Å². The maximum Gasteiger partial charge on any atom is 0.232 e. The van der Waals surface area contributed by atoms with Gasteiger partial charge in [0.1, 0.15) is 5.82 Å². The smallest absolute Gasteiger partial charge is 0.232 e. The van der Waals surface area contributed by atoms with Crippen LogP contribution in [0.3, 0.4) is 0 Å². The van der Waals surface area contributed by atoms with Crippen LogP contribution in [0.5, 0.6) is 0 Å². The number of benzene rings is 2. The first-order valence-electron chi connectivity index (χ1n) is 8.62. The van der Waals surface area contributed by atoms with Crippen molar-refractivity contribution in [1.82, 2.24) is 14.8 Å². The fourth-order valence-corrected chi connectivity index (χ4v) is 4.48. The summed E-state index contributed by atoms with van der Waals surface area (Å²) in [5.74, 6) is 1.17. The number of ether oxygens (including phenoxy) is 1. The monoisotopic (exact) mass is 448 g/mol. The van der Waals surface area contributed by atoms with E-state index < -0.39 is 0 Å². The number of hydrogen-bond donors (Lipinski definition) is 0. The summed E-state index contributed by atoms with van der Waals surface area (Å²) in [5, 5.41) is 9.54. The Labute approximate surface area is 169 Å². The molecule has 1 saturated heterocycles. The van der Waals surface area contributed by atoms with Gasteiger partial charge in [-0.25, -0.2) is 4.39 Å². The van der Waals surface area contributed by atoms with Crippen molar-refractivity contribution in [2.24, 2.45) is 0 Å². The topological polar surface area (TPSA) is 43.2 Å². The Morgan fingerprint density at radius 3 is 2.67 bits per heavy atom. The summed E-state index contributed by atoms with van der Waals surface area (Å²) < 4.78 is 22.3. The molecule has 140 valence electrons. The molecule has 2 aromatic carbocycles. The van der Waals surface area contributed by atoms with Crippen LogP contribution in [0.2, 0.25) is 0 Å². The molecule has 5 nitrogen and oxygen atoms in total. The lowest BCUT2D eigenvalue weighted by atomic mass is 10.2. The van der Waals surface area contributed by atoms with Crippen molar-refractivity contribution in [2.45, 2.75) is 10.9 Å². The average molecular weight is 449 g/mol. The van der Waals surface area contributed by atoms with Gasteiger partial charge in [0.05, 0.1) is 18.9 Å². The minimum absolute atomic E-state index is 0.282. The number of halogens is 2. The van der Waals surface area contributed by atoms with Crippen LogP contribution in [-0.2, 0) is 10.5 Å². The average Bonchev–Trinajstić information content (AvgIpc) is 3.12. The number of anilines is 1. The molecule has 0 bridgehead atoms. The summed E-state index contributed by atoms with van der Waals surface area (Å²) in [5.41, 5.74) is 1.89. The molecule has 1 aromatic heterocycles. The Morgan fingerprint density at radius 2 is 1.89 bits per heavy atom. The molecule has 3 aromatic rings. The van der Waals surface area contributed by atoms with Gasteiger partial charge in [0.15, 0.2) is 5.16 Å². The highest BCUT2D eigenvalue weighted by molar-refractivity contribution is 9.10. The molecular formula is C19H18BrFN4OS. The summed E-state index contributed by atoms with van der Waals surface area (Å²) in [4.78, 5) is 2.13. The highest BCUT2D eigenvalue weighted by atomic mass is 79.9. The predicted octanol–water partition coefficient (Wildman–Crippen LogP) is 4.30. The summed E-state index contributed by atoms with van der Waals surface area (Å²) in [7, 11) is 0. The quantitative estimate of drug-likeness (QED) is 0.544. The van der Waals surface area contributed by atoms with E-state index in [2.05, 4.69) is 37.1 Å². The largest absolute Gasteiger partial charge is 0.378 e. The number of morpholine rings is 1. The first kappa shape index (κ1) is 18.5. The van der Waals surface area contributed by atoms with Gasteiger partial charge in [0, 0.05) is 23.3 Å². The lowest BCUT2D eigenvalue weighted by Crippen LogP contribution is -2.37. The molecule has 0 N–H and O–H groups in total. The maximum atomic E-state index is 13.9. The van der Waals surface area contributed by atoms with Crippen molar-refractivity contribution in [3.63, 3.8) is 0 Å². The van der Waals surface area contributed by atoms with Gasteiger partial charge >= 0.3 is 0 Å². The van der Waals surface area contributed by atoms with Gasteiger partial charge in [-0.3, -0.25) is 4.57 Å². The summed E-state index contributed by atoms with van der Waals surface area (Å²) in [6.07, 6.45) is 0. The van der Waals surface area contributed by atoms with Crippen molar-refractivity contribution in [3.05, 3.63) is 64.4 Å². The van der Waals surface area contributed by atoms with Crippen LogP contribution in [0.25, 0.3) is 5.69 Å². The zero-order valence-electron chi connectivity index (χ0n) is 14.5.